The van der Waals surface area contributed by atoms with Gasteiger partial charge in [-0.1, -0.05) is 22.9 Å². The van der Waals surface area contributed by atoms with E-state index in [1.807, 2.05) is 16.9 Å². The van der Waals surface area contributed by atoms with Crippen molar-refractivity contribution < 1.29 is 19.1 Å². The Bertz CT molecular complexity index is 1090. The molecule has 29 heavy (non-hydrogen) atoms. The Balaban J connectivity index is 1.89. The van der Waals surface area contributed by atoms with Crippen LogP contribution in [0.25, 0.3) is 10.2 Å². The van der Waals surface area contributed by atoms with Gasteiger partial charge in [-0.05, 0) is 48.7 Å². The number of hydrogen-bond donors (Lipinski definition) is 0. The van der Waals surface area contributed by atoms with Crippen molar-refractivity contribution in [1.82, 2.24) is 4.57 Å². The van der Waals surface area contributed by atoms with Crippen LogP contribution < -0.4 is 9.54 Å². The molecule has 0 fully saturated rings. The number of benzene rings is 2. The van der Waals surface area contributed by atoms with E-state index < -0.39 is 11.9 Å². The molecule has 0 aliphatic heterocycles. The van der Waals surface area contributed by atoms with Gasteiger partial charge in [-0.3, -0.25) is 4.79 Å². The van der Waals surface area contributed by atoms with Crippen LogP contribution in [0.1, 0.15) is 10.4 Å². The van der Waals surface area contributed by atoms with Crippen molar-refractivity contribution in [2.45, 2.75) is 6.54 Å². The summed E-state index contributed by atoms with van der Waals surface area (Å²) in [6.07, 6.45) is 2.02. The number of ether oxygens (including phenoxy) is 2. The highest BCUT2D eigenvalue weighted by molar-refractivity contribution is 7.98. The molecule has 0 radical (unpaired) electrons. The molecular weight excluding hydrogens is 432 g/mol. The minimum atomic E-state index is -0.401. The first-order valence-electron chi connectivity index (χ1n) is 8.68. The molecule has 0 atom stereocenters. The molecule has 0 saturated carbocycles. The van der Waals surface area contributed by atoms with Crippen molar-refractivity contribution in [1.29, 1.82) is 0 Å². The van der Waals surface area contributed by atoms with Crippen LogP contribution >= 0.6 is 34.7 Å². The second kappa shape index (κ2) is 9.96. The lowest BCUT2D eigenvalue weighted by atomic mass is 10.2. The maximum Gasteiger partial charge on any atom is 0.337 e. The van der Waals surface area contributed by atoms with Crippen LogP contribution in [0.4, 0.5) is 0 Å². The molecule has 3 aromatic rings. The number of nitrogens with zero attached hydrogens (tertiary/aromatic N) is 2. The summed E-state index contributed by atoms with van der Waals surface area (Å²) in [6.45, 7) is 0.523. The van der Waals surface area contributed by atoms with E-state index >= 15 is 0 Å². The van der Waals surface area contributed by atoms with Gasteiger partial charge in [-0.15, -0.1) is 0 Å². The van der Waals surface area contributed by atoms with E-state index in [0.717, 1.165) is 16.0 Å². The topological polar surface area (TPSA) is 69.9 Å². The summed E-state index contributed by atoms with van der Waals surface area (Å²) in [5.41, 5.74) is 1.38. The highest BCUT2D eigenvalue weighted by Crippen LogP contribution is 2.20. The molecule has 0 aliphatic carbocycles. The second-order valence-corrected chi connectivity index (χ2v) is 8.38. The Morgan fingerprint density at radius 1 is 1.21 bits per heavy atom. The van der Waals surface area contributed by atoms with Gasteiger partial charge in [0.1, 0.15) is 5.75 Å². The molecule has 1 aromatic heterocycles. The molecule has 0 saturated heterocycles. The monoisotopic (exact) mass is 450 g/mol. The largest absolute Gasteiger partial charge is 0.484 e. The molecule has 0 aliphatic rings. The summed E-state index contributed by atoms with van der Waals surface area (Å²) in [7, 11) is 1.35. The average molecular weight is 451 g/mol. The number of thioether (sulfide) groups is 1. The average Bonchev–Trinajstić information content (AvgIpc) is 3.07. The van der Waals surface area contributed by atoms with Crippen molar-refractivity contribution >= 4 is 56.8 Å². The molecule has 1 heterocycles. The zero-order chi connectivity index (χ0) is 20.8. The number of methoxy groups -OCH3 is 1. The predicted octanol–water partition coefficient (Wildman–Crippen LogP) is 4.01. The molecule has 0 bridgehead atoms. The first-order chi connectivity index (χ1) is 14.0. The summed E-state index contributed by atoms with van der Waals surface area (Å²) in [6, 6.07) is 12.1. The number of halogens is 1. The van der Waals surface area contributed by atoms with E-state index in [-0.39, 0.29) is 6.61 Å². The fourth-order valence-corrected chi connectivity index (χ4v) is 4.22. The molecule has 0 unspecified atom stereocenters. The van der Waals surface area contributed by atoms with Crippen molar-refractivity contribution in [2.24, 2.45) is 4.99 Å². The predicted molar refractivity (Wildman–Crippen MR) is 117 cm³/mol. The van der Waals surface area contributed by atoms with Gasteiger partial charge in [0.15, 0.2) is 11.4 Å². The number of aryl methyl sites for hydroxylation is 1. The SMILES string of the molecule is COC(=O)c1ccc2c(c1)sc(=NC(=O)COc1ccc(Cl)cc1)n2CCSC. The zero-order valence-electron chi connectivity index (χ0n) is 15.9. The first-order valence-corrected chi connectivity index (χ1v) is 11.3. The zero-order valence-corrected chi connectivity index (χ0v) is 18.3. The Hall–Kier alpha value is -2.29. The number of amides is 1. The maximum atomic E-state index is 12.4. The van der Waals surface area contributed by atoms with Crippen molar-refractivity contribution in [2.75, 3.05) is 25.7 Å². The lowest BCUT2D eigenvalue weighted by Crippen LogP contribution is -2.20. The van der Waals surface area contributed by atoms with Gasteiger partial charge in [0.2, 0.25) is 0 Å². The van der Waals surface area contributed by atoms with Crippen molar-refractivity contribution in [3.05, 3.63) is 57.9 Å². The summed E-state index contributed by atoms with van der Waals surface area (Å²) < 4.78 is 13.1. The van der Waals surface area contributed by atoms with Gasteiger partial charge < -0.3 is 14.0 Å². The molecule has 9 heteroatoms. The van der Waals surface area contributed by atoms with Crippen LogP contribution in [-0.4, -0.2) is 42.2 Å². The summed E-state index contributed by atoms with van der Waals surface area (Å²) in [4.78, 5) is 29.0. The van der Waals surface area contributed by atoms with E-state index in [2.05, 4.69) is 4.99 Å². The fraction of sp³-hybridized carbons (Fsp3) is 0.250. The third-order valence-corrected chi connectivity index (χ3v) is 5.90. The minimum Gasteiger partial charge on any atom is -0.484 e. The molecular formula is C20H19ClN2O4S2. The van der Waals surface area contributed by atoms with E-state index in [9.17, 15) is 9.59 Å². The van der Waals surface area contributed by atoms with E-state index in [1.165, 1.54) is 18.4 Å². The highest BCUT2D eigenvalue weighted by Gasteiger charge is 2.12. The Kier molecular flexibility index (Phi) is 7.35. The molecule has 2 aromatic carbocycles. The Labute approximate surface area is 181 Å². The van der Waals surface area contributed by atoms with Crippen molar-refractivity contribution in [3.63, 3.8) is 0 Å². The Morgan fingerprint density at radius 2 is 1.97 bits per heavy atom. The van der Waals surface area contributed by atoms with E-state index in [0.29, 0.717) is 27.7 Å². The van der Waals surface area contributed by atoms with Gasteiger partial charge >= 0.3 is 5.97 Å². The molecule has 0 spiro atoms. The van der Waals surface area contributed by atoms with E-state index in [1.54, 1.807) is 48.2 Å². The number of carbonyl (C=O) groups is 2. The number of thiazole rings is 1. The number of esters is 1. The molecule has 1 amide bonds. The third-order valence-electron chi connectivity index (χ3n) is 4.02. The molecule has 3 rings (SSSR count). The number of rotatable bonds is 7. The Morgan fingerprint density at radius 3 is 2.66 bits per heavy atom. The van der Waals surface area contributed by atoms with Crippen LogP contribution in [0.3, 0.4) is 0 Å². The standard InChI is InChI=1S/C20H19ClN2O4S2/c1-26-19(25)13-3-8-16-17(11-13)29-20(23(16)9-10-28-2)22-18(24)12-27-15-6-4-14(21)5-7-15/h3-8,11H,9-10,12H2,1-2H3. The van der Waals surface area contributed by atoms with Crippen LogP contribution in [0, 0.1) is 0 Å². The summed E-state index contributed by atoms with van der Waals surface area (Å²) >= 11 is 8.90. The number of hydrogen-bond acceptors (Lipinski definition) is 6. The van der Waals surface area contributed by atoms with Crippen LogP contribution in [-0.2, 0) is 16.1 Å². The number of carbonyl (C=O) groups excluding carboxylic acids is 2. The van der Waals surface area contributed by atoms with Gasteiger partial charge in [0.25, 0.3) is 5.91 Å². The lowest BCUT2D eigenvalue weighted by Gasteiger charge is -2.05. The van der Waals surface area contributed by atoms with Gasteiger partial charge in [-0.2, -0.15) is 16.8 Å². The lowest BCUT2D eigenvalue weighted by molar-refractivity contribution is -0.120. The third kappa shape index (κ3) is 5.41. The first kappa shape index (κ1) is 21.4. The normalized spacial score (nSPS) is 11.6. The number of aromatic nitrogens is 1. The highest BCUT2D eigenvalue weighted by atomic mass is 35.5. The fourth-order valence-electron chi connectivity index (χ4n) is 2.62. The molecule has 0 N–H and O–H groups in total. The van der Waals surface area contributed by atoms with Crippen LogP contribution in [0.5, 0.6) is 5.75 Å². The van der Waals surface area contributed by atoms with Gasteiger partial charge in [0, 0.05) is 17.3 Å². The smallest absolute Gasteiger partial charge is 0.337 e. The van der Waals surface area contributed by atoms with Crippen molar-refractivity contribution in [3.8, 4) is 5.75 Å². The van der Waals surface area contributed by atoms with Crippen LogP contribution in [0.2, 0.25) is 5.02 Å². The van der Waals surface area contributed by atoms with Gasteiger partial charge in [-0.25, -0.2) is 4.79 Å². The maximum absolute atomic E-state index is 12.4. The molecule has 6 nitrogen and oxygen atoms in total. The minimum absolute atomic E-state index is 0.175. The molecule has 152 valence electrons. The van der Waals surface area contributed by atoms with E-state index in [4.69, 9.17) is 21.1 Å². The summed E-state index contributed by atoms with van der Waals surface area (Å²) in [5, 5.41) is 0.597. The van der Waals surface area contributed by atoms with Gasteiger partial charge in [0.05, 0.1) is 22.9 Å². The van der Waals surface area contributed by atoms with Crippen LogP contribution in [0.15, 0.2) is 47.5 Å². The quantitative estimate of drug-likeness (QED) is 0.508. The number of fused-ring (bicyclic) bond motifs is 1. The summed E-state index contributed by atoms with van der Waals surface area (Å²) in [5.74, 6) is 0.625. The second-order valence-electron chi connectivity index (χ2n) is 5.95.